The number of nitrogens with one attached hydrogen (secondary N) is 1. The molecule has 1 aliphatic rings. The summed E-state index contributed by atoms with van der Waals surface area (Å²) < 4.78 is 22.0. The van der Waals surface area contributed by atoms with E-state index in [9.17, 15) is 9.18 Å². The minimum Gasteiger partial charge on any atom is -0.416 e. The quantitative estimate of drug-likeness (QED) is 0.833. The topological polar surface area (TPSA) is 43.3 Å². The zero-order chi connectivity index (χ0) is 18.4. The fourth-order valence-corrected chi connectivity index (χ4v) is 4.17. The number of hydrogen-bond acceptors (Lipinski definition) is 2. The number of carbonyl (C=O) groups excluding carboxylic acids is 1. The van der Waals surface area contributed by atoms with Gasteiger partial charge in [-0.1, -0.05) is 20.8 Å². The highest BCUT2D eigenvalue weighted by Crippen LogP contribution is 2.37. The highest BCUT2D eigenvalue weighted by Gasteiger charge is 2.37. The summed E-state index contributed by atoms with van der Waals surface area (Å²) in [6, 6.07) is 4.77. The monoisotopic (exact) mass is 362 g/mol. The molecular formula is C19H27FN2O2Si. The molecule has 0 saturated carbocycles. The van der Waals surface area contributed by atoms with Gasteiger partial charge in [-0.3, -0.25) is 4.79 Å². The van der Waals surface area contributed by atoms with Crippen molar-refractivity contribution in [2.45, 2.75) is 51.9 Å². The number of halogens is 1. The summed E-state index contributed by atoms with van der Waals surface area (Å²) in [4.78, 5) is 12.4. The molecule has 2 aromatic rings. The first kappa shape index (κ1) is 18.1. The molecule has 1 aromatic heterocycles. The van der Waals surface area contributed by atoms with Gasteiger partial charge in [-0.2, -0.15) is 0 Å². The average Bonchev–Trinajstić information content (AvgIpc) is 2.81. The Morgan fingerprint density at radius 1 is 1.32 bits per heavy atom. The summed E-state index contributed by atoms with van der Waals surface area (Å²) in [5.74, 6) is -0.354. The fraction of sp³-hybridized carbons (Fsp3) is 0.526. The molecule has 2 heterocycles. The zero-order valence-electron chi connectivity index (χ0n) is 15.7. The predicted octanol–water partition coefficient (Wildman–Crippen LogP) is 4.09. The van der Waals surface area contributed by atoms with Crippen molar-refractivity contribution in [2.75, 3.05) is 13.2 Å². The molecule has 0 spiro atoms. The summed E-state index contributed by atoms with van der Waals surface area (Å²) in [5.41, 5.74) is 2.42. The number of fused-ring (bicyclic) bond motifs is 3. The van der Waals surface area contributed by atoms with E-state index in [4.69, 9.17) is 4.43 Å². The van der Waals surface area contributed by atoms with Crippen molar-refractivity contribution >= 4 is 25.1 Å². The van der Waals surface area contributed by atoms with Crippen LogP contribution in [0.25, 0.3) is 10.9 Å². The predicted molar refractivity (Wildman–Crippen MR) is 101 cm³/mol. The molecule has 1 aromatic carbocycles. The van der Waals surface area contributed by atoms with Gasteiger partial charge in [0.2, 0.25) is 0 Å². The average molecular weight is 363 g/mol. The Balaban J connectivity index is 1.94. The van der Waals surface area contributed by atoms with Crippen LogP contribution in [0, 0.1) is 5.82 Å². The molecule has 0 bridgehead atoms. The number of rotatable bonds is 4. The standard InChI is InChI=1S/C19H27FN2O2Si/c1-19(2,3)25(4,5)24-11-8-15-14-7-6-13(20)12-16(14)22-10-9-21-18(23)17(15)22/h6-7,12H,8-11H2,1-5H3,(H,21,23). The third-order valence-corrected chi connectivity index (χ3v) is 10.1. The molecule has 0 radical (unpaired) electrons. The first-order valence-electron chi connectivity index (χ1n) is 8.84. The fourth-order valence-electron chi connectivity index (χ4n) is 3.13. The summed E-state index contributed by atoms with van der Waals surface area (Å²) in [7, 11) is -1.83. The third-order valence-electron chi connectivity index (χ3n) is 5.59. The normalized spacial score (nSPS) is 15.4. The highest BCUT2D eigenvalue weighted by atomic mass is 28.4. The van der Waals surface area contributed by atoms with Gasteiger partial charge >= 0.3 is 0 Å². The maximum Gasteiger partial charge on any atom is 0.268 e. The molecule has 0 aliphatic carbocycles. The molecule has 0 fully saturated rings. The SMILES string of the molecule is CC(C)(C)[Si](C)(C)OCCc1c2n(c3cc(F)ccc13)CCNC2=O. The van der Waals surface area contributed by atoms with Crippen LogP contribution in [0.2, 0.25) is 18.1 Å². The van der Waals surface area contributed by atoms with Gasteiger partial charge < -0.3 is 14.3 Å². The second-order valence-corrected chi connectivity index (χ2v) is 13.1. The van der Waals surface area contributed by atoms with Crippen molar-refractivity contribution in [3.8, 4) is 0 Å². The van der Waals surface area contributed by atoms with Crippen molar-refractivity contribution in [1.82, 2.24) is 9.88 Å². The Morgan fingerprint density at radius 3 is 2.72 bits per heavy atom. The summed E-state index contributed by atoms with van der Waals surface area (Å²) in [6.45, 7) is 12.9. The van der Waals surface area contributed by atoms with Gasteiger partial charge in [0, 0.05) is 25.1 Å². The molecule has 136 valence electrons. The number of nitrogens with zero attached hydrogens (tertiary/aromatic N) is 1. The Hall–Kier alpha value is -1.66. The third kappa shape index (κ3) is 3.25. The number of hydrogen-bond donors (Lipinski definition) is 1. The lowest BCUT2D eigenvalue weighted by Gasteiger charge is -2.36. The first-order valence-corrected chi connectivity index (χ1v) is 11.8. The lowest BCUT2D eigenvalue weighted by Crippen LogP contribution is -2.41. The van der Waals surface area contributed by atoms with Crippen LogP contribution in [0.3, 0.4) is 0 Å². The van der Waals surface area contributed by atoms with E-state index in [0.717, 1.165) is 16.5 Å². The molecule has 1 N–H and O–H groups in total. The van der Waals surface area contributed by atoms with Crippen LogP contribution in [-0.4, -0.2) is 31.9 Å². The number of carbonyl (C=O) groups is 1. The van der Waals surface area contributed by atoms with E-state index in [1.807, 2.05) is 4.57 Å². The maximum atomic E-state index is 13.7. The van der Waals surface area contributed by atoms with Gasteiger partial charge in [0.1, 0.15) is 11.5 Å². The maximum absolute atomic E-state index is 13.7. The van der Waals surface area contributed by atoms with E-state index < -0.39 is 8.32 Å². The highest BCUT2D eigenvalue weighted by molar-refractivity contribution is 6.74. The van der Waals surface area contributed by atoms with Gasteiger partial charge in [-0.05, 0) is 48.3 Å². The van der Waals surface area contributed by atoms with Crippen LogP contribution in [0.4, 0.5) is 4.39 Å². The van der Waals surface area contributed by atoms with E-state index in [-0.39, 0.29) is 16.8 Å². The molecule has 1 aliphatic heterocycles. The molecule has 6 heteroatoms. The molecule has 1 amide bonds. The van der Waals surface area contributed by atoms with Gasteiger partial charge in [-0.15, -0.1) is 0 Å². The van der Waals surface area contributed by atoms with E-state index in [0.29, 0.717) is 31.8 Å². The van der Waals surface area contributed by atoms with Crippen LogP contribution in [0.5, 0.6) is 0 Å². The Morgan fingerprint density at radius 2 is 2.04 bits per heavy atom. The minimum absolute atomic E-state index is 0.0785. The van der Waals surface area contributed by atoms with Gasteiger partial charge in [0.25, 0.3) is 5.91 Å². The lowest BCUT2D eigenvalue weighted by molar-refractivity contribution is 0.0927. The largest absolute Gasteiger partial charge is 0.416 e. The smallest absolute Gasteiger partial charge is 0.268 e. The van der Waals surface area contributed by atoms with E-state index in [1.54, 1.807) is 6.07 Å². The summed E-state index contributed by atoms with van der Waals surface area (Å²) >= 11 is 0. The van der Waals surface area contributed by atoms with Crippen molar-refractivity contribution in [1.29, 1.82) is 0 Å². The molecule has 0 unspecified atom stereocenters. The Kier molecular flexibility index (Phi) is 4.53. The first-order chi connectivity index (χ1) is 11.6. The van der Waals surface area contributed by atoms with Crippen molar-refractivity contribution in [3.05, 3.63) is 35.3 Å². The van der Waals surface area contributed by atoms with Gasteiger partial charge in [0.05, 0.1) is 5.52 Å². The minimum atomic E-state index is -1.83. The number of amides is 1. The second-order valence-electron chi connectivity index (χ2n) is 8.25. The lowest BCUT2D eigenvalue weighted by atomic mass is 10.1. The molecule has 25 heavy (non-hydrogen) atoms. The van der Waals surface area contributed by atoms with E-state index in [1.165, 1.54) is 12.1 Å². The van der Waals surface area contributed by atoms with E-state index in [2.05, 4.69) is 39.2 Å². The van der Waals surface area contributed by atoms with Crippen LogP contribution < -0.4 is 5.32 Å². The number of benzene rings is 1. The second kappa shape index (κ2) is 6.25. The van der Waals surface area contributed by atoms with E-state index >= 15 is 0 Å². The molecule has 0 atom stereocenters. The van der Waals surface area contributed by atoms with Crippen LogP contribution in [0.15, 0.2) is 18.2 Å². The van der Waals surface area contributed by atoms with Crippen LogP contribution in [0.1, 0.15) is 36.8 Å². The molecule has 3 rings (SSSR count). The Labute approximate surface area is 149 Å². The van der Waals surface area contributed by atoms with Crippen molar-refractivity contribution in [3.63, 3.8) is 0 Å². The van der Waals surface area contributed by atoms with Gasteiger partial charge in [-0.25, -0.2) is 4.39 Å². The van der Waals surface area contributed by atoms with Crippen LogP contribution in [-0.2, 0) is 17.4 Å². The summed E-state index contributed by atoms with van der Waals surface area (Å²) in [5, 5.41) is 4.00. The van der Waals surface area contributed by atoms with Crippen LogP contribution >= 0.6 is 0 Å². The summed E-state index contributed by atoms with van der Waals surface area (Å²) in [6.07, 6.45) is 0.657. The zero-order valence-corrected chi connectivity index (χ0v) is 16.7. The number of aromatic nitrogens is 1. The van der Waals surface area contributed by atoms with Crippen molar-refractivity contribution < 1.29 is 13.6 Å². The van der Waals surface area contributed by atoms with Crippen molar-refractivity contribution in [2.24, 2.45) is 0 Å². The Bertz CT molecular complexity index is 821. The molecule has 0 saturated heterocycles. The molecular weight excluding hydrogens is 335 g/mol. The van der Waals surface area contributed by atoms with Gasteiger partial charge in [0.15, 0.2) is 8.32 Å². The molecule has 4 nitrogen and oxygen atoms in total.